The number of rotatable bonds is 3. The molecular formula is C19H13N3O. The number of hydrogen-bond acceptors (Lipinski definition) is 3. The number of H-pyrrole nitrogens is 1. The molecule has 0 fully saturated rings. The highest BCUT2D eigenvalue weighted by atomic mass is 16.5. The van der Waals surface area contributed by atoms with Gasteiger partial charge in [-0.05, 0) is 42.0 Å². The Morgan fingerprint density at radius 1 is 1.17 bits per heavy atom. The molecule has 0 aliphatic carbocycles. The molecule has 1 heterocycles. The molecule has 1 N–H and O–H groups in total. The number of hydrogen-bond donors (Lipinski definition) is 1. The van der Waals surface area contributed by atoms with Crippen LogP contribution in [0.25, 0.3) is 22.6 Å². The Balaban J connectivity index is 2.13. The first-order valence-electron chi connectivity index (χ1n) is 7.02. The summed E-state index contributed by atoms with van der Waals surface area (Å²) in [6.45, 7) is 0. The van der Waals surface area contributed by atoms with E-state index >= 15 is 0 Å². The van der Waals surface area contributed by atoms with Gasteiger partial charge in [0.05, 0.1) is 30.4 Å². The molecule has 4 heteroatoms. The molecule has 0 unspecified atom stereocenters. The maximum atomic E-state index is 9.54. The van der Waals surface area contributed by atoms with Crippen LogP contribution in [0.4, 0.5) is 0 Å². The summed E-state index contributed by atoms with van der Waals surface area (Å²) >= 11 is 0. The number of methoxy groups -OCH3 is 1. The van der Waals surface area contributed by atoms with Crippen molar-refractivity contribution in [2.75, 3.05) is 7.11 Å². The van der Waals surface area contributed by atoms with E-state index in [1.807, 2.05) is 30.5 Å². The zero-order valence-electron chi connectivity index (χ0n) is 12.5. The molecular weight excluding hydrogens is 286 g/mol. The Kier molecular flexibility index (Phi) is 3.82. The maximum absolute atomic E-state index is 9.54. The predicted octanol–water partition coefficient (Wildman–Crippen LogP) is 4.11. The number of nitriles is 2. The SMILES string of the molecule is COc1ccc2[nH]cc(/C(C#N)=C\c3cccc(C#N)c3)c2c1. The summed E-state index contributed by atoms with van der Waals surface area (Å²) in [5.41, 5.74) is 3.66. The van der Waals surface area contributed by atoms with E-state index in [0.717, 1.165) is 27.8 Å². The summed E-state index contributed by atoms with van der Waals surface area (Å²) < 4.78 is 5.26. The van der Waals surface area contributed by atoms with E-state index < -0.39 is 0 Å². The number of ether oxygens (including phenoxy) is 1. The van der Waals surface area contributed by atoms with Gasteiger partial charge in [0.2, 0.25) is 0 Å². The van der Waals surface area contributed by atoms with Crippen molar-refractivity contribution in [3.05, 3.63) is 65.4 Å². The van der Waals surface area contributed by atoms with Crippen LogP contribution in [0.1, 0.15) is 16.7 Å². The van der Waals surface area contributed by atoms with E-state index in [9.17, 15) is 5.26 Å². The number of allylic oxidation sites excluding steroid dienone is 1. The fourth-order valence-corrected chi connectivity index (χ4v) is 2.48. The topological polar surface area (TPSA) is 72.6 Å². The van der Waals surface area contributed by atoms with Crippen molar-refractivity contribution >= 4 is 22.6 Å². The van der Waals surface area contributed by atoms with Crippen LogP contribution in [0, 0.1) is 22.7 Å². The van der Waals surface area contributed by atoms with Gasteiger partial charge in [0.1, 0.15) is 5.75 Å². The first-order chi connectivity index (χ1) is 11.2. The van der Waals surface area contributed by atoms with Crippen LogP contribution in [0.15, 0.2) is 48.7 Å². The molecule has 4 nitrogen and oxygen atoms in total. The first kappa shape index (κ1) is 14.4. The smallest absolute Gasteiger partial charge is 0.119 e. The van der Waals surface area contributed by atoms with Crippen molar-refractivity contribution in [1.82, 2.24) is 4.98 Å². The van der Waals surface area contributed by atoms with Crippen molar-refractivity contribution < 1.29 is 4.74 Å². The van der Waals surface area contributed by atoms with Gasteiger partial charge >= 0.3 is 0 Å². The lowest BCUT2D eigenvalue weighted by Crippen LogP contribution is -1.84. The van der Waals surface area contributed by atoms with Gasteiger partial charge in [-0.15, -0.1) is 0 Å². The Morgan fingerprint density at radius 3 is 2.78 bits per heavy atom. The summed E-state index contributed by atoms with van der Waals surface area (Å²) in [5, 5.41) is 19.4. The van der Waals surface area contributed by atoms with E-state index in [1.165, 1.54) is 0 Å². The van der Waals surface area contributed by atoms with Crippen LogP contribution in [0.2, 0.25) is 0 Å². The predicted molar refractivity (Wildman–Crippen MR) is 89.5 cm³/mol. The van der Waals surface area contributed by atoms with E-state index in [2.05, 4.69) is 17.1 Å². The van der Waals surface area contributed by atoms with E-state index in [4.69, 9.17) is 10.00 Å². The number of aromatic nitrogens is 1. The van der Waals surface area contributed by atoms with Gasteiger partial charge in [0, 0.05) is 22.7 Å². The summed E-state index contributed by atoms with van der Waals surface area (Å²) in [6.07, 6.45) is 3.59. The molecule has 0 amide bonds. The standard InChI is InChI=1S/C19H13N3O/c1-23-16-5-6-19-17(9-16)18(12-22-19)15(11-21)8-13-3-2-4-14(7-13)10-20/h2-9,12,22H,1H3/b15-8-. The van der Waals surface area contributed by atoms with Gasteiger partial charge in [-0.25, -0.2) is 0 Å². The van der Waals surface area contributed by atoms with Crippen molar-refractivity contribution in [3.8, 4) is 17.9 Å². The van der Waals surface area contributed by atoms with Crippen molar-refractivity contribution in [1.29, 1.82) is 10.5 Å². The Hall–Kier alpha value is -3.50. The molecule has 0 aliphatic rings. The summed E-state index contributed by atoms with van der Waals surface area (Å²) in [4.78, 5) is 3.16. The van der Waals surface area contributed by atoms with Gasteiger partial charge in [0.25, 0.3) is 0 Å². The lowest BCUT2D eigenvalue weighted by atomic mass is 10.0. The minimum Gasteiger partial charge on any atom is -0.497 e. The Labute approximate surface area is 133 Å². The van der Waals surface area contributed by atoms with Gasteiger partial charge in [0.15, 0.2) is 0 Å². The van der Waals surface area contributed by atoms with Crippen molar-refractivity contribution in [2.24, 2.45) is 0 Å². The molecule has 2 aromatic carbocycles. The second-order valence-corrected chi connectivity index (χ2v) is 5.02. The summed E-state index contributed by atoms with van der Waals surface area (Å²) in [5.74, 6) is 0.738. The molecule has 0 spiro atoms. The zero-order chi connectivity index (χ0) is 16.2. The molecule has 0 atom stereocenters. The van der Waals surface area contributed by atoms with E-state index in [-0.39, 0.29) is 0 Å². The molecule has 0 aliphatic heterocycles. The second-order valence-electron chi connectivity index (χ2n) is 5.02. The monoisotopic (exact) mass is 299 g/mol. The third kappa shape index (κ3) is 2.79. The van der Waals surface area contributed by atoms with Crippen LogP contribution in [-0.4, -0.2) is 12.1 Å². The van der Waals surface area contributed by atoms with Crippen LogP contribution < -0.4 is 4.74 Å². The number of benzene rings is 2. The number of nitrogens with zero attached hydrogens (tertiary/aromatic N) is 2. The van der Waals surface area contributed by atoms with Crippen LogP contribution in [0.5, 0.6) is 5.75 Å². The lowest BCUT2D eigenvalue weighted by Gasteiger charge is -2.02. The fourth-order valence-electron chi connectivity index (χ4n) is 2.48. The van der Waals surface area contributed by atoms with Gasteiger partial charge in [-0.3, -0.25) is 0 Å². The fraction of sp³-hybridized carbons (Fsp3) is 0.0526. The van der Waals surface area contributed by atoms with Crippen LogP contribution in [0.3, 0.4) is 0 Å². The normalized spacial score (nSPS) is 11.0. The van der Waals surface area contributed by atoms with Gasteiger partial charge < -0.3 is 9.72 Å². The third-order valence-corrected chi connectivity index (χ3v) is 3.63. The molecule has 110 valence electrons. The molecule has 1 aromatic heterocycles. The van der Waals surface area contributed by atoms with Crippen molar-refractivity contribution in [2.45, 2.75) is 0 Å². The maximum Gasteiger partial charge on any atom is 0.119 e. The highest BCUT2D eigenvalue weighted by molar-refractivity contribution is 6.01. The van der Waals surface area contributed by atoms with E-state index in [1.54, 1.807) is 31.4 Å². The minimum atomic E-state index is 0.527. The molecule has 0 radical (unpaired) electrons. The molecule has 0 bridgehead atoms. The molecule has 3 aromatic rings. The van der Waals surface area contributed by atoms with Crippen LogP contribution >= 0.6 is 0 Å². The molecule has 3 rings (SSSR count). The quantitative estimate of drug-likeness (QED) is 0.739. The van der Waals surface area contributed by atoms with E-state index in [0.29, 0.717) is 11.1 Å². The highest BCUT2D eigenvalue weighted by Crippen LogP contribution is 2.29. The lowest BCUT2D eigenvalue weighted by molar-refractivity contribution is 0.415. The average molecular weight is 299 g/mol. The first-order valence-corrected chi connectivity index (χ1v) is 7.02. The largest absolute Gasteiger partial charge is 0.497 e. The Morgan fingerprint density at radius 2 is 2.04 bits per heavy atom. The number of nitrogens with one attached hydrogen (secondary N) is 1. The molecule has 0 saturated carbocycles. The highest BCUT2D eigenvalue weighted by Gasteiger charge is 2.10. The minimum absolute atomic E-state index is 0.527. The average Bonchev–Trinajstić information content (AvgIpc) is 3.02. The zero-order valence-corrected chi connectivity index (χ0v) is 12.5. The molecule has 23 heavy (non-hydrogen) atoms. The Bertz CT molecular complexity index is 984. The summed E-state index contributed by atoms with van der Waals surface area (Å²) in [6, 6.07) is 17.2. The molecule has 0 saturated heterocycles. The van der Waals surface area contributed by atoms with Gasteiger partial charge in [-0.2, -0.15) is 10.5 Å². The number of fused-ring (bicyclic) bond motifs is 1. The second kappa shape index (κ2) is 6.09. The third-order valence-electron chi connectivity index (χ3n) is 3.63. The van der Waals surface area contributed by atoms with Gasteiger partial charge in [-0.1, -0.05) is 12.1 Å². The van der Waals surface area contributed by atoms with Crippen molar-refractivity contribution in [3.63, 3.8) is 0 Å². The summed E-state index contributed by atoms with van der Waals surface area (Å²) in [7, 11) is 1.61. The number of aromatic amines is 1. The van der Waals surface area contributed by atoms with Crippen LogP contribution in [-0.2, 0) is 0 Å².